The minimum atomic E-state index is -0.943. The highest BCUT2D eigenvalue weighted by atomic mass is 35.5. The molecule has 0 aliphatic carbocycles. The Bertz CT molecular complexity index is 819. The quantitative estimate of drug-likeness (QED) is 0.723. The zero-order valence-corrected chi connectivity index (χ0v) is 16.5. The number of nitrogens with one attached hydrogen (secondary N) is 2. The molecule has 1 heterocycles. The van der Waals surface area contributed by atoms with E-state index in [0.717, 1.165) is 38.4 Å². The number of rotatable bonds is 6. The van der Waals surface area contributed by atoms with Crippen molar-refractivity contribution in [1.29, 1.82) is 0 Å². The fourth-order valence-electron chi connectivity index (χ4n) is 2.96. The Morgan fingerprint density at radius 3 is 2.50 bits per heavy atom. The second-order valence-electron chi connectivity index (χ2n) is 6.75. The van der Waals surface area contributed by atoms with Crippen molar-refractivity contribution in [2.45, 2.75) is 19.6 Å². The average Bonchev–Trinajstić information content (AvgIpc) is 2.71. The van der Waals surface area contributed by atoms with Crippen molar-refractivity contribution < 1.29 is 24.0 Å². The zero-order chi connectivity index (χ0) is 19.9. The SMILES string of the molecule is C[C@@H](OC(=O)c1ccc(C[NH+]2CCOCC2)cc1)C(=O)Nc1ccccc1Cl. The van der Waals surface area contributed by atoms with E-state index in [2.05, 4.69) is 5.32 Å². The lowest BCUT2D eigenvalue weighted by molar-refractivity contribution is -0.921. The summed E-state index contributed by atoms with van der Waals surface area (Å²) in [7, 11) is 0. The van der Waals surface area contributed by atoms with Gasteiger partial charge in [-0.1, -0.05) is 35.9 Å². The molecule has 0 bridgehead atoms. The molecule has 1 fully saturated rings. The maximum atomic E-state index is 12.3. The van der Waals surface area contributed by atoms with Crippen molar-refractivity contribution in [1.82, 2.24) is 0 Å². The Labute approximate surface area is 169 Å². The van der Waals surface area contributed by atoms with E-state index in [4.69, 9.17) is 21.1 Å². The minimum Gasteiger partial charge on any atom is -0.449 e. The van der Waals surface area contributed by atoms with Gasteiger partial charge in [0.25, 0.3) is 5.91 Å². The van der Waals surface area contributed by atoms with Gasteiger partial charge in [0.2, 0.25) is 0 Å². The van der Waals surface area contributed by atoms with Crippen LogP contribution in [0, 0.1) is 0 Å². The van der Waals surface area contributed by atoms with E-state index in [0.29, 0.717) is 16.3 Å². The van der Waals surface area contributed by atoms with Crippen molar-refractivity contribution in [3.63, 3.8) is 0 Å². The van der Waals surface area contributed by atoms with Crippen LogP contribution in [0.15, 0.2) is 48.5 Å². The highest BCUT2D eigenvalue weighted by molar-refractivity contribution is 6.33. The molecule has 1 atom stereocenters. The molecule has 0 aromatic heterocycles. The van der Waals surface area contributed by atoms with E-state index < -0.39 is 18.0 Å². The number of para-hydroxylation sites is 1. The maximum absolute atomic E-state index is 12.3. The smallest absolute Gasteiger partial charge is 0.338 e. The van der Waals surface area contributed by atoms with Gasteiger partial charge < -0.3 is 19.7 Å². The number of halogens is 1. The van der Waals surface area contributed by atoms with Gasteiger partial charge in [-0.25, -0.2) is 4.79 Å². The summed E-state index contributed by atoms with van der Waals surface area (Å²) >= 11 is 6.03. The predicted molar refractivity (Wildman–Crippen MR) is 107 cm³/mol. The van der Waals surface area contributed by atoms with E-state index in [1.165, 1.54) is 11.8 Å². The van der Waals surface area contributed by atoms with E-state index >= 15 is 0 Å². The fraction of sp³-hybridized carbons (Fsp3) is 0.333. The molecular formula is C21H24ClN2O4+. The van der Waals surface area contributed by atoms with E-state index in [-0.39, 0.29) is 0 Å². The van der Waals surface area contributed by atoms with Crippen molar-refractivity contribution in [2.75, 3.05) is 31.6 Å². The predicted octanol–water partition coefficient (Wildman–Crippen LogP) is 1.94. The first-order chi connectivity index (χ1) is 13.5. The molecule has 6 nitrogen and oxygen atoms in total. The molecule has 0 unspecified atom stereocenters. The van der Waals surface area contributed by atoms with Gasteiger partial charge in [-0.3, -0.25) is 4.79 Å². The van der Waals surface area contributed by atoms with E-state index in [9.17, 15) is 9.59 Å². The lowest BCUT2D eigenvalue weighted by Crippen LogP contribution is -3.12. The van der Waals surface area contributed by atoms with Crippen LogP contribution in [0.1, 0.15) is 22.8 Å². The molecule has 0 radical (unpaired) electrons. The van der Waals surface area contributed by atoms with Crippen molar-refractivity contribution in [2.24, 2.45) is 0 Å². The molecule has 0 spiro atoms. The number of ether oxygens (including phenoxy) is 2. The van der Waals surface area contributed by atoms with Gasteiger partial charge in [-0.15, -0.1) is 0 Å². The molecule has 2 aromatic rings. The molecule has 1 aliphatic heterocycles. The van der Waals surface area contributed by atoms with Crippen LogP contribution in [0.2, 0.25) is 5.02 Å². The van der Waals surface area contributed by atoms with Gasteiger partial charge in [-0.2, -0.15) is 0 Å². The molecule has 3 rings (SSSR count). The average molecular weight is 404 g/mol. The number of carbonyl (C=O) groups excluding carboxylic acids is 2. The largest absolute Gasteiger partial charge is 0.449 e. The van der Waals surface area contributed by atoms with Crippen molar-refractivity contribution in [3.8, 4) is 0 Å². The molecule has 7 heteroatoms. The lowest BCUT2D eigenvalue weighted by atomic mass is 10.1. The molecule has 0 saturated carbocycles. The number of carbonyl (C=O) groups is 2. The van der Waals surface area contributed by atoms with Gasteiger partial charge >= 0.3 is 5.97 Å². The Morgan fingerprint density at radius 2 is 1.82 bits per heavy atom. The fourth-order valence-corrected chi connectivity index (χ4v) is 3.15. The Morgan fingerprint density at radius 1 is 1.14 bits per heavy atom. The van der Waals surface area contributed by atoms with E-state index in [1.54, 1.807) is 36.4 Å². The third kappa shape index (κ3) is 5.55. The molecule has 1 aliphatic rings. The highest BCUT2D eigenvalue weighted by Crippen LogP contribution is 2.20. The summed E-state index contributed by atoms with van der Waals surface area (Å²) in [5, 5.41) is 3.08. The number of benzene rings is 2. The van der Waals surface area contributed by atoms with Gasteiger partial charge in [-0.05, 0) is 31.2 Å². The molecule has 2 aromatic carbocycles. The number of esters is 1. The number of quaternary nitrogens is 1. The highest BCUT2D eigenvalue weighted by Gasteiger charge is 2.20. The lowest BCUT2D eigenvalue weighted by Gasteiger charge is -2.23. The summed E-state index contributed by atoms with van der Waals surface area (Å²) < 4.78 is 10.7. The number of hydrogen-bond acceptors (Lipinski definition) is 4. The number of morpholine rings is 1. The number of hydrogen-bond donors (Lipinski definition) is 2. The summed E-state index contributed by atoms with van der Waals surface area (Å²) in [6.45, 7) is 5.97. The van der Waals surface area contributed by atoms with Gasteiger partial charge in [0.05, 0.1) is 29.5 Å². The van der Waals surface area contributed by atoms with Crippen molar-refractivity contribution >= 4 is 29.2 Å². The summed E-state index contributed by atoms with van der Waals surface area (Å²) in [5.74, 6) is -0.971. The maximum Gasteiger partial charge on any atom is 0.338 e. The Hall–Kier alpha value is -2.41. The summed E-state index contributed by atoms with van der Waals surface area (Å²) in [6, 6.07) is 14.2. The van der Waals surface area contributed by atoms with Crippen LogP contribution >= 0.6 is 11.6 Å². The molecule has 2 N–H and O–H groups in total. The molecule has 28 heavy (non-hydrogen) atoms. The third-order valence-electron chi connectivity index (χ3n) is 4.63. The molecule has 148 valence electrons. The monoisotopic (exact) mass is 403 g/mol. The first-order valence-electron chi connectivity index (χ1n) is 9.29. The summed E-state index contributed by atoms with van der Waals surface area (Å²) in [4.78, 5) is 26.0. The van der Waals surface area contributed by atoms with E-state index in [1.807, 2.05) is 12.1 Å². The van der Waals surface area contributed by atoms with Gasteiger partial charge in [0.1, 0.15) is 19.6 Å². The Kier molecular flexibility index (Phi) is 7.03. The van der Waals surface area contributed by atoms with Crippen LogP contribution < -0.4 is 10.2 Å². The first-order valence-corrected chi connectivity index (χ1v) is 9.67. The normalized spacial score (nSPS) is 15.6. The van der Waals surface area contributed by atoms with Crippen LogP contribution in [0.5, 0.6) is 0 Å². The van der Waals surface area contributed by atoms with Gasteiger partial charge in [0, 0.05) is 5.56 Å². The zero-order valence-electron chi connectivity index (χ0n) is 15.7. The minimum absolute atomic E-state index is 0.415. The standard InChI is InChI=1S/C21H23ClN2O4/c1-15(20(25)23-19-5-3-2-4-18(19)22)28-21(26)17-8-6-16(7-9-17)14-24-10-12-27-13-11-24/h2-9,15H,10-14H2,1H3,(H,23,25)/p+1/t15-/m1/s1. The second-order valence-corrected chi connectivity index (χ2v) is 7.16. The van der Waals surface area contributed by atoms with Crippen molar-refractivity contribution in [3.05, 3.63) is 64.7 Å². The Balaban J connectivity index is 1.53. The number of anilines is 1. The number of amides is 1. The summed E-state index contributed by atoms with van der Waals surface area (Å²) in [6.07, 6.45) is -0.943. The van der Waals surface area contributed by atoms with Crippen LogP contribution in [0.25, 0.3) is 0 Å². The molecular weight excluding hydrogens is 380 g/mol. The first kappa shape index (κ1) is 20.3. The topological polar surface area (TPSA) is 69.1 Å². The van der Waals surface area contributed by atoms with Gasteiger partial charge in [0.15, 0.2) is 6.10 Å². The van der Waals surface area contributed by atoms with Crippen LogP contribution in [-0.4, -0.2) is 44.3 Å². The summed E-state index contributed by atoms with van der Waals surface area (Å²) in [5.41, 5.74) is 2.04. The second kappa shape index (κ2) is 9.68. The third-order valence-corrected chi connectivity index (χ3v) is 4.96. The van der Waals surface area contributed by atoms with Crippen LogP contribution in [-0.2, 0) is 20.8 Å². The van der Waals surface area contributed by atoms with Crippen LogP contribution in [0.4, 0.5) is 5.69 Å². The van der Waals surface area contributed by atoms with Crippen LogP contribution in [0.3, 0.4) is 0 Å². The molecule has 1 saturated heterocycles. The molecule has 1 amide bonds.